The molecule has 0 radical (unpaired) electrons. The summed E-state index contributed by atoms with van der Waals surface area (Å²) in [6, 6.07) is 16.9. The van der Waals surface area contributed by atoms with Crippen molar-refractivity contribution >= 4 is 6.08 Å². The monoisotopic (exact) mass is 358 g/mol. The Bertz CT molecular complexity index is 1100. The molecule has 1 N–H and O–H groups in total. The van der Waals surface area contributed by atoms with Gasteiger partial charge in [0.2, 0.25) is 0 Å². The molecule has 1 atom stereocenters. The molecule has 1 aliphatic carbocycles. The van der Waals surface area contributed by atoms with Crippen LogP contribution in [0, 0.1) is 5.82 Å². The van der Waals surface area contributed by atoms with E-state index in [0.29, 0.717) is 12.2 Å². The molecule has 6 nitrogen and oxygen atoms in total. The topological polar surface area (TPSA) is 72.3 Å². The Labute approximate surface area is 154 Å². The number of aromatic amines is 1. The molecule has 5 rings (SSSR count). The molecular weight excluding hydrogens is 343 g/mol. The predicted octanol–water partition coefficient (Wildman–Crippen LogP) is 3.08. The van der Waals surface area contributed by atoms with E-state index in [1.165, 1.54) is 23.1 Å². The Kier molecular flexibility index (Phi) is 3.46. The van der Waals surface area contributed by atoms with Gasteiger partial charge in [0.1, 0.15) is 12.1 Å². The van der Waals surface area contributed by atoms with Crippen LogP contribution in [0.2, 0.25) is 0 Å². The SMILES string of the molecule is Fc1ccc(C2(c3ccccc3)C=Cc3c(-n4cnnn4)n[nH]c3C2)cc1. The number of H-pyrrole nitrogens is 1. The molecule has 0 saturated carbocycles. The largest absolute Gasteiger partial charge is 0.280 e. The number of allylic oxidation sites excluding steroid dienone is 1. The Morgan fingerprint density at radius 2 is 1.78 bits per heavy atom. The fourth-order valence-electron chi connectivity index (χ4n) is 3.73. The second kappa shape index (κ2) is 5.98. The minimum Gasteiger partial charge on any atom is -0.280 e. The van der Waals surface area contributed by atoms with E-state index in [4.69, 9.17) is 0 Å². The van der Waals surface area contributed by atoms with E-state index in [-0.39, 0.29) is 5.82 Å². The van der Waals surface area contributed by atoms with Gasteiger partial charge in [-0.1, -0.05) is 54.6 Å². The summed E-state index contributed by atoms with van der Waals surface area (Å²) >= 11 is 0. The molecule has 27 heavy (non-hydrogen) atoms. The van der Waals surface area contributed by atoms with E-state index in [9.17, 15) is 4.39 Å². The summed E-state index contributed by atoms with van der Waals surface area (Å²) in [5, 5.41) is 18.8. The molecule has 1 unspecified atom stereocenters. The first-order chi connectivity index (χ1) is 13.3. The van der Waals surface area contributed by atoms with Gasteiger partial charge in [0.05, 0.1) is 0 Å². The third kappa shape index (κ3) is 2.47. The second-order valence-corrected chi connectivity index (χ2v) is 6.55. The van der Waals surface area contributed by atoms with Crippen LogP contribution >= 0.6 is 0 Å². The van der Waals surface area contributed by atoms with Gasteiger partial charge in [-0.25, -0.2) is 4.39 Å². The standard InChI is InChI=1S/C20H15FN6/c21-16-8-6-15(7-9-16)20(14-4-2-1-3-5-14)11-10-17-18(12-20)23-24-19(17)27-13-22-25-26-27/h1-11,13H,12H2,(H,23,24). The lowest BCUT2D eigenvalue weighted by Gasteiger charge is -2.34. The summed E-state index contributed by atoms with van der Waals surface area (Å²) in [7, 11) is 0. The van der Waals surface area contributed by atoms with E-state index in [0.717, 1.165) is 22.4 Å². The highest BCUT2D eigenvalue weighted by Gasteiger charge is 2.36. The number of halogens is 1. The molecule has 1 aliphatic rings. The van der Waals surface area contributed by atoms with Crippen LogP contribution in [-0.4, -0.2) is 30.4 Å². The Morgan fingerprint density at radius 1 is 1.00 bits per heavy atom. The number of fused-ring (bicyclic) bond motifs is 1. The smallest absolute Gasteiger partial charge is 0.185 e. The van der Waals surface area contributed by atoms with Gasteiger partial charge in [-0.15, -0.1) is 5.10 Å². The number of rotatable bonds is 3. The van der Waals surface area contributed by atoms with Gasteiger partial charge in [-0.3, -0.25) is 5.10 Å². The number of nitrogens with one attached hydrogen (secondary N) is 1. The van der Waals surface area contributed by atoms with Gasteiger partial charge in [-0.2, -0.15) is 9.78 Å². The molecule has 4 aromatic rings. The van der Waals surface area contributed by atoms with Crippen LogP contribution in [-0.2, 0) is 11.8 Å². The Hall–Kier alpha value is -3.61. The van der Waals surface area contributed by atoms with Crippen LogP contribution in [0.4, 0.5) is 4.39 Å². The zero-order valence-electron chi connectivity index (χ0n) is 14.2. The fraction of sp³-hybridized carbons (Fsp3) is 0.100. The number of aromatic nitrogens is 6. The molecule has 0 amide bonds. The zero-order chi connectivity index (χ0) is 18.3. The van der Waals surface area contributed by atoms with E-state index >= 15 is 0 Å². The average molecular weight is 358 g/mol. The average Bonchev–Trinajstić information content (AvgIpc) is 3.38. The van der Waals surface area contributed by atoms with E-state index in [2.05, 4.69) is 43.9 Å². The van der Waals surface area contributed by atoms with Crippen LogP contribution in [0.1, 0.15) is 22.4 Å². The van der Waals surface area contributed by atoms with Crippen LogP contribution in [0.3, 0.4) is 0 Å². The van der Waals surface area contributed by atoms with Crippen molar-refractivity contribution in [1.82, 2.24) is 30.4 Å². The van der Waals surface area contributed by atoms with Crippen LogP contribution in [0.15, 0.2) is 67.0 Å². The summed E-state index contributed by atoms with van der Waals surface area (Å²) in [5.74, 6) is 0.414. The van der Waals surface area contributed by atoms with Gasteiger partial charge >= 0.3 is 0 Å². The molecular formula is C20H15FN6. The van der Waals surface area contributed by atoms with E-state index in [1.807, 2.05) is 36.4 Å². The van der Waals surface area contributed by atoms with Crippen LogP contribution in [0.5, 0.6) is 0 Å². The highest BCUT2D eigenvalue weighted by Crippen LogP contribution is 2.42. The molecule has 2 aromatic carbocycles. The molecule has 132 valence electrons. The van der Waals surface area contributed by atoms with Gasteiger partial charge < -0.3 is 0 Å². The third-order valence-electron chi connectivity index (χ3n) is 5.07. The highest BCUT2D eigenvalue weighted by atomic mass is 19.1. The molecule has 0 fully saturated rings. The van der Waals surface area contributed by atoms with Crippen molar-refractivity contribution in [3.63, 3.8) is 0 Å². The van der Waals surface area contributed by atoms with Crippen molar-refractivity contribution in [3.05, 3.63) is 95.2 Å². The molecule has 0 saturated heterocycles. The Morgan fingerprint density at radius 3 is 2.52 bits per heavy atom. The molecule has 0 bridgehead atoms. The lowest BCUT2D eigenvalue weighted by Crippen LogP contribution is -2.30. The first-order valence-corrected chi connectivity index (χ1v) is 8.58. The summed E-state index contributed by atoms with van der Waals surface area (Å²) in [5.41, 5.74) is 3.69. The number of nitrogens with zero attached hydrogens (tertiary/aromatic N) is 5. The van der Waals surface area contributed by atoms with Gasteiger partial charge in [0.25, 0.3) is 0 Å². The zero-order valence-corrected chi connectivity index (χ0v) is 14.2. The second-order valence-electron chi connectivity index (χ2n) is 6.55. The maximum absolute atomic E-state index is 13.5. The first kappa shape index (κ1) is 15.6. The number of benzene rings is 2. The summed E-state index contributed by atoms with van der Waals surface area (Å²) < 4.78 is 15.1. The molecule has 0 spiro atoms. The molecule has 2 heterocycles. The Balaban J connectivity index is 1.67. The predicted molar refractivity (Wildman–Crippen MR) is 97.7 cm³/mol. The maximum atomic E-state index is 13.5. The minimum atomic E-state index is -0.410. The van der Waals surface area contributed by atoms with Crippen LogP contribution < -0.4 is 0 Å². The molecule has 2 aromatic heterocycles. The highest BCUT2D eigenvalue weighted by molar-refractivity contribution is 5.67. The van der Waals surface area contributed by atoms with Crippen molar-refractivity contribution in [2.75, 3.05) is 0 Å². The lowest BCUT2D eigenvalue weighted by atomic mass is 9.68. The van der Waals surface area contributed by atoms with Crippen LogP contribution in [0.25, 0.3) is 11.9 Å². The summed E-state index contributed by atoms with van der Waals surface area (Å²) in [6.45, 7) is 0. The minimum absolute atomic E-state index is 0.245. The quantitative estimate of drug-likeness (QED) is 0.611. The fourth-order valence-corrected chi connectivity index (χ4v) is 3.73. The van der Waals surface area contributed by atoms with Crippen molar-refractivity contribution in [3.8, 4) is 5.82 Å². The lowest BCUT2D eigenvalue weighted by molar-refractivity contribution is 0.606. The number of hydrogen-bond acceptors (Lipinski definition) is 4. The number of tetrazole rings is 1. The maximum Gasteiger partial charge on any atom is 0.185 e. The van der Waals surface area contributed by atoms with Crippen molar-refractivity contribution in [1.29, 1.82) is 0 Å². The van der Waals surface area contributed by atoms with E-state index < -0.39 is 5.41 Å². The van der Waals surface area contributed by atoms with Crippen molar-refractivity contribution in [2.24, 2.45) is 0 Å². The number of hydrogen-bond donors (Lipinski definition) is 1. The van der Waals surface area contributed by atoms with Crippen molar-refractivity contribution < 1.29 is 4.39 Å². The third-order valence-corrected chi connectivity index (χ3v) is 5.07. The van der Waals surface area contributed by atoms with Gasteiger partial charge in [0.15, 0.2) is 5.82 Å². The normalized spacial score (nSPS) is 18.4. The van der Waals surface area contributed by atoms with Crippen molar-refractivity contribution in [2.45, 2.75) is 11.8 Å². The van der Waals surface area contributed by atoms with Gasteiger partial charge in [-0.05, 0) is 33.7 Å². The molecule has 0 aliphatic heterocycles. The molecule has 7 heteroatoms. The van der Waals surface area contributed by atoms with Gasteiger partial charge in [0, 0.05) is 23.1 Å². The summed E-state index contributed by atoms with van der Waals surface area (Å²) in [4.78, 5) is 0. The first-order valence-electron chi connectivity index (χ1n) is 8.58. The van der Waals surface area contributed by atoms with E-state index in [1.54, 1.807) is 0 Å². The summed E-state index contributed by atoms with van der Waals surface area (Å²) in [6.07, 6.45) is 6.38.